The van der Waals surface area contributed by atoms with E-state index >= 15 is 0 Å². The Morgan fingerprint density at radius 1 is 1.36 bits per heavy atom. The highest BCUT2D eigenvalue weighted by atomic mass is 35.5. The van der Waals surface area contributed by atoms with Gasteiger partial charge in [-0.25, -0.2) is 0 Å². The normalized spacial score (nSPS) is 10.4. The molecule has 0 unspecified atom stereocenters. The SMILES string of the molecule is CC=NNc1ccc(Cl)cc1. The minimum absolute atomic E-state index is 0.732. The zero-order chi connectivity index (χ0) is 8.10. The van der Waals surface area contributed by atoms with Crippen molar-refractivity contribution >= 4 is 23.5 Å². The van der Waals surface area contributed by atoms with Gasteiger partial charge in [-0.1, -0.05) is 11.6 Å². The lowest BCUT2D eigenvalue weighted by Crippen LogP contribution is -1.86. The number of nitrogens with one attached hydrogen (secondary N) is 1. The van der Waals surface area contributed by atoms with E-state index in [1.807, 2.05) is 31.2 Å². The summed E-state index contributed by atoms with van der Waals surface area (Å²) in [4.78, 5) is 0. The third-order valence-corrected chi connectivity index (χ3v) is 1.42. The summed E-state index contributed by atoms with van der Waals surface area (Å²) < 4.78 is 0. The molecule has 1 N–H and O–H groups in total. The van der Waals surface area contributed by atoms with E-state index < -0.39 is 0 Å². The topological polar surface area (TPSA) is 24.4 Å². The molecule has 0 aliphatic rings. The van der Waals surface area contributed by atoms with Crippen molar-refractivity contribution < 1.29 is 0 Å². The minimum Gasteiger partial charge on any atom is -0.279 e. The number of rotatable bonds is 2. The molecule has 2 nitrogen and oxygen atoms in total. The van der Waals surface area contributed by atoms with Crippen LogP contribution in [0.3, 0.4) is 0 Å². The van der Waals surface area contributed by atoms with Crippen molar-refractivity contribution in [3.63, 3.8) is 0 Å². The average molecular weight is 169 g/mol. The molecule has 0 spiro atoms. The van der Waals surface area contributed by atoms with Crippen LogP contribution in [-0.2, 0) is 0 Å². The lowest BCUT2D eigenvalue weighted by molar-refractivity contribution is 1.35. The maximum absolute atomic E-state index is 5.68. The van der Waals surface area contributed by atoms with Crippen LogP contribution in [0.2, 0.25) is 5.02 Å². The zero-order valence-corrected chi connectivity index (χ0v) is 6.97. The third-order valence-electron chi connectivity index (χ3n) is 1.17. The first-order valence-electron chi connectivity index (χ1n) is 3.32. The molecular weight excluding hydrogens is 160 g/mol. The lowest BCUT2D eigenvalue weighted by Gasteiger charge is -1.97. The van der Waals surface area contributed by atoms with Gasteiger partial charge in [0.05, 0.1) is 5.69 Å². The Kier molecular flexibility index (Phi) is 2.93. The van der Waals surface area contributed by atoms with Crippen LogP contribution >= 0.6 is 11.6 Å². The lowest BCUT2D eigenvalue weighted by atomic mass is 10.3. The van der Waals surface area contributed by atoms with Gasteiger partial charge in [-0.3, -0.25) is 5.43 Å². The van der Waals surface area contributed by atoms with Gasteiger partial charge in [0, 0.05) is 11.2 Å². The second kappa shape index (κ2) is 3.98. The summed E-state index contributed by atoms with van der Waals surface area (Å²) in [6.45, 7) is 1.85. The first-order chi connectivity index (χ1) is 5.33. The number of hydrogen-bond donors (Lipinski definition) is 1. The standard InChI is InChI=1S/C8H9ClN2/c1-2-10-11-8-5-3-7(9)4-6-8/h2-6,11H,1H3. The predicted octanol–water partition coefficient (Wildman–Crippen LogP) is 2.76. The van der Waals surface area contributed by atoms with E-state index in [4.69, 9.17) is 11.6 Å². The van der Waals surface area contributed by atoms with Crippen LogP contribution in [0.1, 0.15) is 6.92 Å². The summed E-state index contributed by atoms with van der Waals surface area (Å²) in [6.07, 6.45) is 1.69. The molecule has 58 valence electrons. The molecule has 1 aromatic rings. The average Bonchev–Trinajstić information content (AvgIpc) is 2.04. The van der Waals surface area contributed by atoms with Crippen LogP contribution < -0.4 is 5.43 Å². The second-order valence-electron chi connectivity index (χ2n) is 2.01. The van der Waals surface area contributed by atoms with Gasteiger partial charge in [0.1, 0.15) is 0 Å². The summed E-state index contributed by atoms with van der Waals surface area (Å²) >= 11 is 5.68. The Labute approximate surface area is 70.9 Å². The van der Waals surface area contributed by atoms with Gasteiger partial charge in [-0.15, -0.1) is 0 Å². The smallest absolute Gasteiger partial charge is 0.0562 e. The molecule has 1 aromatic carbocycles. The maximum Gasteiger partial charge on any atom is 0.0562 e. The van der Waals surface area contributed by atoms with Crippen molar-refractivity contribution in [2.75, 3.05) is 5.43 Å². The molecule has 0 saturated carbocycles. The molecule has 0 atom stereocenters. The molecule has 0 aliphatic heterocycles. The fourth-order valence-electron chi connectivity index (χ4n) is 0.664. The summed E-state index contributed by atoms with van der Waals surface area (Å²) in [5, 5.41) is 4.59. The van der Waals surface area contributed by atoms with E-state index in [1.165, 1.54) is 0 Å². The van der Waals surface area contributed by atoms with Crippen molar-refractivity contribution in [2.45, 2.75) is 6.92 Å². The monoisotopic (exact) mass is 168 g/mol. The number of anilines is 1. The van der Waals surface area contributed by atoms with Gasteiger partial charge in [-0.05, 0) is 31.2 Å². The van der Waals surface area contributed by atoms with Crippen LogP contribution in [0.5, 0.6) is 0 Å². The van der Waals surface area contributed by atoms with E-state index in [2.05, 4.69) is 10.5 Å². The van der Waals surface area contributed by atoms with Gasteiger partial charge in [0.2, 0.25) is 0 Å². The molecule has 0 radical (unpaired) electrons. The molecule has 0 aliphatic carbocycles. The van der Waals surface area contributed by atoms with Crippen molar-refractivity contribution in [1.82, 2.24) is 0 Å². The summed E-state index contributed by atoms with van der Waals surface area (Å²) in [5.41, 5.74) is 3.77. The molecule has 0 heterocycles. The first kappa shape index (κ1) is 8.08. The highest BCUT2D eigenvalue weighted by Gasteiger charge is 1.87. The van der Waals surface area contributed by atoms with E-state index in [0.717, 1.165) is 10.7 Å². The highest BCUT2D eigenvalue weighted by molar-refractivity contribution is 6.30. The molecule has 0 aromatic heterocycles. The van der Waals surface area contributed by atoms with Crippen LogP contribution in [0.4, 0.5) is 5.69 Å². The Balaban J connectivity index is 2.66. The number of halogens is 1. The van der Waals surface area contributed by atoms with E-state index in [1.54, 1.807) is 6.21 Å². The minimum atomic E-state index is 0.732. The molecule has 3 heteroatoms. The summed E-state index contributed by atoms with van der Waals surface area (Å²) in [6, 6.07) is 7.37. The molecule has 11 heavy (non-hydrogen) atoms. The zero-order valence-electron chi connectivity index (χ0n) is 6.21. The van der Waals surface area contributed by atoms with Gasteiger partial charge >= 0.3 is 0 Å². The quantitative estimate of drug-likeness (QED) is 0.533. The van der Waals surface area contributed by atoms with Crippen LogP contribution in [0.25, 0.3) is 0 Å². The molecule has 0 saturated heterocycles. The number of benzene rings is 1. The summed E-state index contributed by atoms with van der Waals surface area (Å²) in [5.74, 6) is 0. The number of hydrogen-bond acceptors (Lipinski definition) is 2. The van der Waals surface area contributed by atoms with Crippen molar-refractivity contribution in [2.24, 2.45) is 5.10 Å². The van der Waals surface area contributed by atoms with Gasteiger partial charge in [0.15, 0.2) is 0 Å². The molecular formula is C8H9ClN2. The molecule has 1 rings (SSSR count). The van der Waals surface area contributed by atoms with Gasteiger partial charge in [-0.2, -0.15) is 5.10 Å². The van der Waals surface area contributed by atoms with Crippen molar-refractivity contribution in [3.05, 3.63) is 29.3 Å². The largest absolute Gasteiger partial charge is 0.279 e. The van der Waals surface area contributed by atoms with E-state index in [9.17, 15) is 0 Å². The molecule has 0 bridgehead atoms. The Hall–Kier alpha value is -1.02. The Morgan fingerprint density at radius 3 is 2.55 bits per heavy atom. The number of nitrogens with zero attached hydrogens (tertiary/aromatic N) is 1. The second-order valence-corrected chi connectivity index (χ2v) is 2.44. The van der Waals surface area contributed by atoms with Crippen LogP contribution in [0.15, 0.2) is 29.4 Å². The van der Waals surface area contributed by atoms with Crippen molar-refractivity contribution in [1.29, 1.82) is 0 Å². The van der Waals surface area contributed by atoms with E-state index in [-0.39, 0.29) is 0 Å². The Bertz CT molecular complexity index is 241. The first-order valence-corrected chi connectivity index (χ1v) is 3.70. The number of hydrazone groups is 1. The summed E-state index contributed by atoms with van der Waals surface area (Å²) in [7, 11) is 0. The van der Waals surface area contributed by atoms with E-state index in [0.29, 0.717) is 0 Å². The predicted molar refractivity (Wildman–Crippen MR) is 49.2 cm³/mol. The molecule has 0 fully saturated rings. The van der Waals surface area contributed by atoms with Gasteiger partial charge < -0.3 is 0 Å². The van der Waals surface area contributed by atoms with Crippen LogP contribution in [-0.4, -0.2) is 6.21 Å². The van der Waals surface area contributed by atoms with Crippen molar-refractivity contribution in [3.8, 4) is 0 Å². The fraction of sp³-hybridized carbons (Fsp3) is 0.125. The third kappa shape index (κ3) is 2.60. The highest BCUT2D eigenvalue weighted by Crippen LogP contribution is 2.12. The fourth-order valence-corrected chi connectivity index (χ4v) is 0.789. The molecule has 0 amide bonds. The maximum atomic E-state index is 5.68. The Morgan fingerprint density at radius 2 is 2.00 bits per heavy atom. The van der Waals surface area contributed by atoms with Crippen LogP contribution in [0, 0.1) is 0 Å². The van der Waals surface area contributed by atoms with Gasteiger partial charge in [0.25, 0.3) is 0 Å².